The smallest absolute Gasteiger partial charge is 0.417 e. The van der Waals surface area contributed by atoms with Crippen molar-refractivity contribution in [1.82, 2.24) is 0 Å². The summed E-state index contributed by atoms with van der Waals surface area (Å²) in [4.78, 5) is 38.2. The Morgan fingerprint density at radius 3 is 2.71 bits per heavy atom. The zero-order chi connectivity index (χ0) is 22.4. The van der Waals surface area contributed by atoms with E-state index in [0.29, 0.717) is 11.8 Å². The zero-order valence-electron chi connectivity index (χ0n) is 15.7. The zero-order valence-corrected chi connectivity index (χ0v) is 17.2. The van der Waals surface area contributed by atoms with Crippen molar-refractivity contribution >= 4 is 52.5 Å². The molecule has 2 heterocycles. The average Bonchev–Trinajstić information content (AvgIpc) is 3.22. The number of nitrogens with one attached hydrogen (secondary N) is 1. The van der Waals surface area contributed by atoms with E-state index in [4.69, 9.17) is 16.3 Å². The Morgan fingerprint density at radius 1 is 1.23 bits per heavy atom. The summed E-state index contributed by atoms with van der Waals surface area (Å²) < 4.78 is 44.0. The number of hydrogen-bond acceptors (Lipinski definition) is 5. The van der Waals surface area contributed by atoms with Crippen molar-refractivity contribution < 1.29 is 32.3 Å². The van der Waals surface area contributed by atoms with Gasteiger partial charge in [0.25, 0.3) is 5.91 Å². The second-order valence-corrected chi connectivity index (χ2v) is 8.63. The lowest BCUT2D eigenvalue weighted by molar-refractivity contribution is -0.149. The number of ether oxygens (including phenoxy) is 1. The van der Waals surface area contributed by atoms with E-state index in [9.17, 15) is 27.6 Å². The Hall–Kier alpha value is -2.72. The summed E-state index contributed by atoms with van der Waals surface area (Å²) in [5, 5.41) is 1.75. The molecule has 0 spiro atoms. The first-order chi connectivity index (χ1) is 14.6. The van der Waals surface area contributed by atoms with E-state index in [0.717, 1.165) is 11.0 Å². The standard InChI is InChI=1S/C20H14ClF3N2O4S/c21-13-6-5-11(9-12(13)20(22,23)24)25-16(27)10-30-18(29)19-8-7-17(28)26(19)14-3-1-2-4-15(14)31-19/h1-6,9H,7-8,10H2,(H,25,27). The molecule has 1 fully saturated rings. The van der Waals surface area contributed by atoms with Crippen LogP contribution in [0.3, 0.4) is 0 Å². The van der Waals surface area contributed by atoms with E-state index in [1.165, 1.54) is 22.7 Å². The third kappa shape index (κ3) is 3.85. The minimum absolute atomic E-state index is 0.142. The molecule has 0 radical (unpaired) electrons. The molecule has 0 aliphatic carbocycles. The fraction of sp³-hybridized carbons (Fsp3) is 0.250. The minimum Gasteiger partial charge on any atom is -0.453 e. The number of rotatable bonds is 4. The molecule has 2 amide bonds. The number of nitrogens with zero attached hydrogens (tertiary/aromatic N) is 1. The molecule has 0 bridgehead atoms. The molecule has 2 aromatic carbocycles. The number of carbonyl (C=O) groups is 3. The van der Waals surface area contributed by atoms with Gasteiger partial charge in [0.05, 0.1) is 16.3 Å². The van der Waals surface area contributed by atoms with Crippen molar-refractivity contribution in [2.45, 2.75) is 28.8 Å². The van der Waals surface area contributed by atoms with Crippen LogP contribution in [0.2, 0.25) is 5.02 Å². The van der Waals surface area contributed by atoms with Gasteiger partial charge >= 0.3 is 12.1 Å². The van der Waals surface area contributed by atoms with Crippen LogP contribution in [0.15, 0.2) is 47.4 Å². The quantitative estimate of drug-likeness (QED) is 0.667. The highest BCUT2D eigenvalue weighted by Crippen LogP contribution is 2.56. The minimum atomic E-state index is -4.68. The Kier molecular flexibility index (Phi) is 5.38. The van der Waals surface area contributed by atoms with E-state index in [1.807, 2.05) is 0 Å². The molecule has 0 saturated carbocycles. The number of anilines is 2. The Morgan fingerprint density at radius 2 is 1.97 bits per heavy atom. The summed E-state index contributed by atoms with van der Waals surface area (Å²) >= 11 is 6.74. The number of halogens is 4. The van der Waals surface area contributed by atoms with E-state index >= 15 is 0 Å². The van der Waals surface area contributed by atoms with Crippen LogP contribution in [0.25, 0.3) is 0 Å². The third-order valence-electron chi connectivity index (χ3n) is 4.88. The molecule has 162 valence electrons. The maximum atomic E-state index is 13.0. The highest BCUT2D eigenvalue weighted by atomic mass is 35.5. The van der Waals surface area contributed by atoms with Gasteiger partial charge in [0.1, 0.15) is 0 Å². The SMILES string of the molecule is O=C(COC(=O)C12CCC(=O)N1c1ccccc1S2)Nc1ccc(Cl)c(C(F)(F)F)c1. The maximum absolute atomic E-state index is 13.0. The number of para-hydroxylation sites is 1. The van der Waals surface area contributed by atoms with Crippen LogP contribution in [-0.4, -0.2) is 29.3 Å². The van der Waals surface area contributed by atoms with Gasteiger partial charge in [-0.15, -0.1) is 0 Å². The molecule has 31 heavy (non-hydrogen) atoms. The van der Waals surface area contributed by atoms with Gasteiger partial charge in [-0.1, -0.05) is 35.5 Å². The van der Waals surface area contributed by atoms with Gasteiger partial charge in [-0.2, -0.15) is 13.2 Å². The van der Waals surface area contributed by atoms with Crippen LogP contribution < -0.4 is 10.2 Å². The summed E-state index contributed by atoms with van der Waals surface area (Å²) in [7, 11) is 0. The molecule has 1 atom stereocenters. The fourth-order valence-corrected chi connectivity index (χ4v) is 5.17. The van der Waals surface area contributed by atoms with Crippen LogP contribution in [0.1, 0.15) is 18.4 Å². The van der Waals surface area contributed by atoms with E-state index < -0.39 is 40.1 Å². The van der Waals surface area contributed by atoms with Crippen LogP contribution in [0.4, 0.5) is 24.5 Å². The lowest BCUT2D eigenvalue weighted by Gasteiger charge is -2.28. The first kappa shape index (κ1) is 21.5. The topological polar surface area (TPSA) is 75.7 Å². The number of benzene rings is 2. The van der Waals surface area contributed by atoms with Crippen LogP contribution in [-0.2, 0) is 25.3 Å². The maximum Gasteiger partial charge on any atom is 0.417 e. The van der Waals surface area contributed by atoms with E-state index in [2.05, 4.69) is 5.32 Å². The highest BCUT2D eigenvalue weighted by molar-refractivity contribution is 8.02. The summed E-state index contributed by atoms with van der Waals surface area (Å²) in [5.41, 5.74) is -0.628. The average molecular weight is 471 g/mol. The molecule has 2 aliphatic heterocycles. The molecule has 2 aromatic rings. The van der Waals surface area contributed by atoms with Gasteiger partial charge in [0.2, 0.25) is 5.91 Å². The van der Waals surface area contributed by atoms with Gasteiger partial charge < -0.3 is 10.1 Å². The van der Waals surface area contributed by atoms with Crippen molar-refractivity contribution in [3.8, 4) is 0 Å². The van der Waals surface area contributed by atoms with Gasteiger partial charge in [0, 0.05) is 23.4 Å². The number of amides is 2. The largest absolute Gasteiger partial charge is 0.453 e. The second-order valence-electron chi connectivity index (χ2n) is 6.90. The van der Waals surface area contributed by atoms with E-state index in [-0.39, 0.29) is 24.4 Å². The normalized spacial score (nSPS) is 19.7. The lowest BCUT2D eigenvalue weighted by atomic mass is 10.2. The Bertz CT molecular complexity index is 1090. The first-order valence-corrected chi connectivity index (χ1v) is 10.3. The number of hydrogen-bond donors (Lipinski definition) is 1. The molecule has 0 aromatic heterocycles. The third-order valence-corrected chi connectivity index (χ3v) is 6.67. The number of esters is 1. The summed E-state index contributed by atoms with van der Waals surface area (Å²) in [6.45, 7) is -0.719. The molecule has 1 unspecified atom stereocenters. The first-order valence-electron chi connectivity index (χ1n) is 9.07. The number of fused-ring (bicyclic) bond motifs is 3. The predicted octanol–water partition coefficient (Wildman–Crippen LogP) is 4.47. The monoisotopic (exact) mass is 470 g/mol. The highest BCUT2D eigenvalue weighted by Gasteiger charge is 2.58. The van der Waals surface area contributed by atoms with Crippen LogP contribution >= 0.6 is 23.4 Å². The molecule has 6 nitrogen and oxygen atoms in total. The molecular weight excluding hydrogens is 457 g/mol. The Balaban J connectivity index is 1.44. The van der Waals surface area contributed by atoms with Gasteiger partial charge in [-0.3, -0.25) is 14.5 Å². The summed E-state index contributed by atoms with van der Waals surface area (Å²) in [5.74, 6) is -1.81. The molecule has 2 aliphatic rings. The molecule has 1 saturated heterocycles. The van der Waals surface area contributed by atoms with Crippen molar-refractivity contribution in [2.24, 2.45) is 0 Å². The van der Waals surface area contributed by atoms with Gasteiger partial charge in [-0.05, 0) is 30.3 Å². The van der Waals surface area contributed by atoms with E-state index in [1.54, 1.807) is 24.3 Å². The molecular formula is C20H14ClF3N2O4S. The molecule has 11 heteroatoms. The molecule has 4 rings (SSSR count). The fourth-order valence-electron chi connectivity index (χ4n) is 3.53. The Labute approximate surface area is 183 Å². The van der Waals surface area contributed by atoms with Crippen molar-refractivity contribution in [1.29, 1.82) is 0 Å². The second kappa shape index (κ2) is 7.76. The summed E-state index contributed by atoms with van der Waals surface area (Å²) in [6.07, 6.45) is -4.30. The van der Waals surface area contributed by atoms with Crippen LogP contribution in [0.5, 0.6) is 0 Å². The lowest BCUT2D eigenvalue weighted by Crippen LogP contribution is -2.48. The number of alkyl halides is 3. The van der Waals surface area contributed by atoms with Gasteiger partial charge in [-0.25, -0.2) is 4.79 Å². The van der Waals surface area contributed by atoms with Crippen LogP contribution in [0, 0.1) is 0 Å². The van der Waals surface area contributed by atoms with Crippen molar-refractivity contribution in [2.75, 3.05) is 16.8 Å². The number of thioether (sulfide) groups is 1. The summed E-state index contributed by atoms with van der Waals surface area (Å²) in [6, 6.07) is 9.96. The predicted molar refractivity (Wildman–Crippen MR) is 108 cm³/mol. The van der Waals surface area contributed by atoms with Crippen molar-refractivity contribution in [3.05, 3.63) is 53.1 Å². The van der Waals surface area contributed by atoms with Crippen molar-refractivity contribution in [3.63, 3.8) is 0 Å². The van der Waals surface area contributed by atoms with Gasteiger partial charge in [0.15, 0.2) is 11.5 Å². The molecule has 1 N–H and O–H groups in total. The number of carbonyl (C=O) groups excluding carboxylic acids is 3.